The molecule has 0 amide bonds. The van der Waals surface area contributed by atoms with E-state index in [9.17, 15) is 5.11 Å². The van der Waals surface area contributed by atoms with Crippen LogP contribution < -0.4 is 0 Å². The monoisotopic (exact) mass is 226 g/mol. The van der Waals surface area contributed by atoms with E-state index in [1.54, 1.807) is 38.1 Å². The highest BCUT2D eigenvalue weighted by atomic mass is 32.2. The van der Waals surface area contributed by atoms with Gasteiger partial charge < -0.3 is 9.67 Å². The van der Waals surface area contributed by atoms with E-state index in [4.69, 9.17) is 0 Å². The molecule has 0 aliphatic carbocycles. The largest absolute Gasteiger partial charge is 0.384 e. The molecule has 84 valence electrons. The lowest BCUT2D eigenvalue weighted by Gasteiger charge is -2.20. The van der Waals surface area contributed by atoms with Gasteiger partial charge in [-0.25, -0.2) is 4.98 Å². The van der Waals surface area contributed by atoms with E-state index >= 15 is 0 Å². The zero-order valence-corrected chi connectivity index (χ0v) is 10.7. The van der Waals surface area contributed by atoms with E-state index in [-0.39, 0.29) is 0 Å². The Hall–Kier alpha value is -0.740. The number of nitrogens with zero attached hydrogens (tertiary/aromatic N) is 2. The highest BCUT2D eigenvalue weighted by Gasteiger charge is 2.21. The van der Waals surface area contributed by atoms with Gasteiger partial charge in [-0.05, 0) is 34.0 Å². The highest BCUT2D eigenvalue weighted by Crippen LogP contribution is 2.25. The molecule has 0 saturated carbocycles. The van der Waals surface area contributed by atoms with Gasteiger partial charge in [0.25, 0.3) is 0 Å². The second-order valence-corrected chi connectivity index (χ2v) is 5.07. The fourth-order valence-electron chi connectivity index (χ4n) is 1.33. The van der Waals surface area contributed by atoms with Gasteiger partial charge in [0, 0.05) is 10.6 Å². The van der Waals surface area contributed by atoms with Gasteiger partial charge in [-0.3, -0.25) is 0 Å². The maximum absolute atomic E-state index is 9.97. The molecule has 0 saturated heterocycles. The van der Waals surface area contributed by atoms with Crippen LogP contribution in [0.3, 0.4) is 0 Å². The van der Waals surface area contributed by atoms with Crippen molar-refractivity contribution in [1.82, 2.24) is 9.55 Å². The molecule has 0 unspecified atom stereocenters. The number of rotatable bonds is 3. The Morgan fingerprint density at radius 1 is 1.47 bits per heavy atom. The minimum absolute atomic E-state index is 0.813. The second kappa shape index (κ2) is 4.41. The third kappa shape index (κ3) is 2.63. The zero-order chi connectivity index (χ0) is 11.6. The standard InChI is InChI=1S/C11H18N2OS/c1-8(9(2)15-5)13-7-12-6-10(13)11(3,4)14/h6-7,14H,1-5H3/b9-8-. The zero-order valence-electron chi connectivity index (χ0n) is 9.90. The number of aromatic nitrogens is 2. The molecule has 0 aliphatic rings. The van der Waals surface area contributed by atoms with Gasteiger partial charge in [0.05, 0.1) is 18.2 Å². The number of allylic oxidation sites excluding steroid dienone is 2. The predicted molar refractivity (Wildman–Crippen MR) is 65.6 cm³/mol. The van der Waals surface area contributed by atoms with E-state index < -0.39 is 5.60 Å². The minimum Gasteiger partial charge on any atom is -0.384 e. The number of hydrogen-bond acceptors (Lipinski definition) is 3. The van der Waals surface area contributed by atoms with Gasteiger partial charge in [-0.15, -0.1) is 11.8 Å². The Kier molecular flexibility index (Phi) is 3.62. The molecular weight excluding hydrogens is 208 g/mol. The molecule has 3 nitrogen and oxygen atoms in total. The van der Waals surface area contributed by atoms with Crippen LogP contribution in [0.15, 0.2) is 17.4 Å². The minimum atomic E-state index is -0.865. The molecule has 1 heterocycles. The summed E-state index contributed by atoms with van der Waals surface area (Å²) in [5, 5.41) is 9.97. The Bertz CT molecular complexity index is 374. The van der Waals surface area contributed by atoms with Gasteiger partial charge in [0.15, 0.2) is 0 Å². The molecular formula is C11H18N2OS. The summed E-state index contributed by atoms with van der Waals surface area (Å²) in [6, 6.07) is 0. The molecule has 1 aromatic heterocycles. The third-order valence-corrected chi connectivity index (χ3v) is 3.35. The lowest BCUT2D eigenvalue weighted by Crippen LogP contribution is -2.20. The van der Waals surface area contributed by atoms with E-state index in [1.165, 1.54) is 4.91 Å². The van der Waals surface area contributed by atoms with Crippen molar-refractivity contribution in [3.63, 3.8) is 0 Å². The SMILES string of the molecule is CS/C(C)=C(/C)n1cncc1C(C)(C)O. The highest BCUT2D eigenvalue weighted by molar-refractivity contribution is 8.02. The average Bonchev–Trinajstić information content (AvgIpc) is 2.63. The summed E-state index contributed by atoms with van der Waals surface area (Å²) in [6.45, 7) is 7.63. The van der Waals surface area contributed by atoms with Crippen molar-refractivity contribution in [3.8, 4) is 0 Å². The molecule has 0 atom stereocenters. The predicted octanol–water partition coefficient (Wildman–Crippen LogP) is 2.68. The third-order valence-electron chi connectivity index (χ3n) is 2.44. The second-order valence-electron chi connectivity index (χ2n) is 4.05. The van der Waals surface area contributed by atoms with Crippen LogP contribution >= 0.6 is 11.8 Å². The first-order chi connectivity index (χ1) is 6.88. The lowest BCUT2D eigenvalue weighted by atomic mass is 10.1. The van der Waals surface area contributed by atoms with Crippen molar-refractivity contribution in [3.05, 3.63) is 23.1 Å². The number of thioether (sulfide) groups is 1. The molecule has 0 fully saturated rings. The Balaban J connectivity index is 3.23. The van der Waals surface area contributed by atoms with Crippen molar-refractivity contribution >= 4 is 17.5 Å². The lowest BCUT2D eigenvalue weighted by molar-refractivity contribution is 0.0722. The van der Waals surface area contributed by atoms with Crippen LogP contribution in [0.1, 0.15) is 33.4 Å². The maximum atomic E-state index is 9.97. The van der Waals surface area contributed by atoms with Gasteiger partial charge in [0.2, 0.25) is 0 Å². The van der Waals surface area contributed by atoms with Crippen molar-refractivity contribution in [1.29, 1.82) is 0 Å². The molecule has 15 heavy (non-hydrogen) atoms. The number of hydrogen-bond donors (Lipinski definition) is 1. The van der Waals surface area contributed by atoms with E-state index in [1.807, 2.05) is 17.7 Å². The first kappa shape index (κ1) is 12.3. The van der Waals surface area contributed by atoms with Crippen molar-refractivity contribution in [2.24, 2.45) is 0 Å². The Morgan fingerprint density at radius 2 is 2.07 bits per heavy atom. The smallest absolute Gasteiger partial charge is 0.101 e. The van der Waals surface area contributed by atoms with Crippen LogP contribution in [0.2, 0.25) is 0 Å². The maximum Gasteiger partial charge on any atom is 0.101 e. The van der Waals surface area contributed by atoms with Crippen molar-refractivity contribution in [2.75, 3.05) is 6.26 Å². The summed E-state index contributed by atoms with van der Waals surface area (Å²) >= 11 is 1.70. The van der Waals surface area contributed by atoms with Gasteiger partial charge in [-0.2, -0.15) is 0 Å². The molecule has 0 aliphatic heterocycles. The van der Waals surface area contributed by atoms with Crippen LogP contribution in [0, 0.1) is 0 Å². The van der Waals surface area contributed by atoms with Crippen LogP contribution in [-0.4, -0.2) is 20.9 Å². The van der Waals surface area contributed by atoms with E-state index in [0.717, 1.165) is 11.4 Å². The average molecular weight is 226 g/mol. The molecule has 0 spiro atoms. The summed E-state index contributed by atoms with van der Waals surface area (Å²) < 4.78 is 1.94. The van der Waals surface area contributed by atoms with Crippen molar-refractivity contribution in [2.45, 2.75) is 33.3 Å². The molecule has 1 N–H and O–H groups in total. The topological polar surface area (TPSA) is 38.0 Å². The summed E-state index contributed by atoms with van der Waals surface area (Å²) in [5.74, 6) is 0. The number of aliphatic hydroxyl groups is 1. The first-order valence-corrected chi connectivity index (χ1v) is 6.07. The quantitative estimate of drug-likeness (QED) is 0.861. The molecule has 1 rings (SSSR count). The molecule has 1 aromatic rings. The van der Waals surface area contributed by atoms with Gasteiger partial charge in [-0.1, -0.05) is 0 Å². The molecule has 4 heteroatoms. The molecule has 0 radical (unpaired) electrons. The summed E-state index contributed by atoms with van der Waals surface area (Å²) in [7, 11) is 0. The molecule has 0 bridgehead atoms. The van der Waals surface area contributed by atoms with E-state index in [0.29, 0.717) is 0 Å². The van der Waals surface area contributed by atoms with Crippen molar-refractivity contribution < 1.29 is 5.11 Å². The van der Waals surface area contributed by atoms with Gasteiger partial charge in [0.1, 0.15) is 5.60 Å². The Morgan fingerprint density at radius 3 is 2.53 bits per heavy atom. The van der Waals surface area contributed by atoms with Gasteiger partial charge >= 0.3 is 0 Å². The van der Waals surface area contributed by atoms with Crippen LogP contribution in [0.4, 0.5) is 0 Å². The molecule has 0 aromatic carbocycles. The fraction of sp³-hybridized carbons (Fsp3) is 0.545. The fourth-order valence-corrected chi connectivity index (χ4v) is 1.73. The summed E-state index contributed by atoms with van der Waals surface area (Å²) in [4.78, 5) is 5.31. The first-order valence-electron chi connectivity index (χ1n) is 4.85. The summed E-state index contributed by atoms with van der Waals surface area (Å²) in [5.41, 5.74) is 1.06. The normalized spacial score (nSPS) is 14.0. The number of imidazole rings is 1. The van der Waals surface area contributed by atoms with Crippen LogP contribution in [-0.2, 0) is 5.60 Å². The van der Waals surface area contributed by atoms with Crippen LogP contribution in [0.25, 0.3) is 5.70 Å². The Labute approximate surface area is 95.2 Å². The summed E-state index contributed by atoms with van der Waals surface area (Å²) in [6.07, 6.45) is 5.49. The van der Waals surface area contributed by atoms with Crippen LogP contribution in [0.5, 0.6) is 0 Å². The van der Waals surface area contributed by atoms with E-state index in [2.05, 4.69) is 11.9 Å².